The number of H-pyrrole nitrogens is 1. The van der Waals surface area contributed by atoms with Gasteiger partial charge in [0, 0.05) is 29.8 Å². The summed E-state index contributed by atoms with van der Waals surface area (Å²) in [5.41, 5.74) is 0.0313. The fraction of sp³-hybridized carbons (Fsp3) is 0.167. The lowest BCUT2D eigenvalue weighted by Crippen LogP contribution is -2.26. The second-order valence-electron chi connectivity index (χ2n) is 3.67. The minimum absolute atomic E-state index is 0.0313. The number of aromatic nitrogens is 2. The summed E-state index contributed by atoms with van der Waals surface area (Å²) in [5, 5.41) is 2.65. The maximum absolute atomic E-state index is 13.4. The molecule has 1 aromatic carbocycles. The normalized spacial score (nSPS) is 10.3. The predicted octanol–water partition coefficient (Wildman–Crippen LogP) is 2.28. The number of nitrogens with one attached hydrogen (secondary N) is 2. The standard InChI is InChI=1S/C12H11BrFN3O/c13-8-1-2-10(14)9(7-8)12(18)17-4-3-11-15-5-6-16-11/h1-2,5-7H,3-4H2,(H,15,16)(H,17,18). The van der Waals surface area contributed by atoms with Crippen LogP contribution in [0.15, 0.2) is 35.1 Å². The molecule has 4 nitrogen and oxygen atoms in total. The van der Waals surface area contributed by atoms with E-state index in [-0.39, 0.29) is 5.56 Å². The molecule has 2 aromatic rings. The summed E-state index contributed by atoms with van der Waals surface area (Å²) in [4.78, 5) is 18.7. The van der Waals surface area contributed by atoms with E-state index in [0.717, 1.165) is 5.82 Å². The third-order valence-electron chi connectivity index (χ3n) is 2.38. The number of carbonyl (C=O) groups is 1. The molecule has 1 amide bonds. The SMILES string of the molecule is O=C(NCCc1ncc[nH]1)c1cc(Br)ccc1F. The van der Waals surface area contributed by atoms with Crippen molar-refractivity contribution in [3.8, 4) is 0 Å². The molecule has 2 rings (SSSR count). The number of carbonyl (C=O) groups excluding carboxylic acids is 1. The molecule has 0 unspecified atom stereocenters. The van der Waals surface area contributed by atoms with Gasteiger partial charge in [-0.2, -0.15) is 0 Å². The first kappa shape index (κ1) is 12.8. The first-order valence-corrected chi connectivity index (χ1v) is 6.17. The molecule has 0 aliphatic carbocycles. The number of hydrogen-bond acceptors (Lipinski definition) is 2. The van der Waals surface area contributed by atoms with Crippen LogP contribution in [-0.4, -0.2) is 22.4 Å². The summed E-state index contributed by atoms with van der Waals surface area (Å²) in [7, 11) is 0. The van der Waals surface area contributed by atoms with Gasteiger partial charge in [0.1, 0.15) is 11.6 Å². The largest absolute Gasteiger partial charge is 0.351 e. The van der Waals surface area contributed by atoms with Crippen molar-refractivity contribution < 1.29 is 9.18 Å². The van der Waals surface area contributed by atoms with Crippen LogP contribution in [0.4, 0.5) is 4.39 Å². The summed E-state index contributed by atoms with van der Waals surface area (Å²) in [6, 6.07) is 4.26. The average molecular weight is 312 g/mol. The van der Waals surface area contributed by atoms with Crippen LogP contribution >= 0.6 is 15.9 Å². The zero-order valence-corrected chi connectivity index (χ0v) is 11.0. The molecule has 1 aromatic heterocycles. The smallest absolute Gasteiger partial charge is 0.254 e. The highest BCUT2D eigenvalue weighted by Crippen LogP contribution is 2.15. The van der Waals surface area contributed by atoms with E-state index in [1.165, 1.54) is 12.1 Å². The van der Waals surface area contributed by atoms with Crippen LogP contribution in [0.5, 0.6) is 0 Å². The molecular weight excluding hydrogens is 301 g/mol. The van der Waals surface area contributed by atoms with Gasteiger partial charge in [-0.3, -0.25) is 4.79 Å². The number of hydrogen-bond donors (Lipinski definition) is 2. The highest BCUT2D eigenvalue weighted by molar-refractivity contribution is 9.10. The lowest BCUT2D eigenvalue weighted by Gasteiger charge is -2.05. The fourth-order valence-electron chi connectivity index (χ4n) is 1.50. The molecule has 0 fully saturated rings. The van der Waals surface area contributed by atoms with Crippen LogP contribution in [-0.2, 0) is 6.42 Å². The summed E-state index contributed by atoms with van der Waals surface area (Å²) < 4.78 is 14.1. The molecule has 18 heavy (non-hydrogen) atoms. The van der Waals surface area contributed by atoms with Crippen LogP contribution in [0.2, 0.25) is 0 Å². The number of aromatic amines is 1. The zero-order chi connectivity index (χ0) is 13.0. The molecule has 0 aliphatic rings. The van der Waals surface area contributed by atoms with Crippen molar-refractivity contribution in [1.29, 1.82) is 0 Å². The third kappa shape index (κ3) is 3.16. The summed E-state index contributed by atoms with van der Waals surface area (Å²) in [6.07, 6.45) is 3.94. The van der Waals surface area contributed by atoms with Crippen molar-refractivity contribution >= 4 is 21.8 Å². The van der Waals surface area contributed by atoms with Crippen molar-refractivity contribution in [2.75, 3.05) is 6.54 Å². The van der Waals surface area contributed by atoms with Gasteiger partial charge in [-0.05, 0) is 18.2 Å². The van der Waals surface area contributed by atoms with Crippen LogP contribution in [0.1, 0.15) is 16.2 Å². The van der Waals surface area contributed by atoms with E-state index < -0.39 is 11.7 Å². The molecule has 0 atom stereocenters. The zero-order valence-electron chi connectivity index (χ0n) is 9.41. The number of imidazole rings is 1. The summed E-state index contributed by atoms with van der Waals surface area (Å²) in [5.74, 6) is -0.181. The van der Waals surface area contributed by atoms with Crippen molar-refractivity contribution in [3.63, 3.8) is 0 Å². The molecule has 94 valence electrons. The van der Waals surface area contributed by atoms with E-state index in [0.29, 0.717) is 17.4 Å². The fourth-order valence-corrected chi connectivity index (χ4v) is 1.86. The van der Waals surface area contributed by atoms with Crippen molar-refractivity contribution in [1.82, 2.24) is 15.3 Å². The number of amides is 1. The highest BCUT2D eigenvalue weighted by atomic mass is 79.9. The minimum Gasteiger partial charge on any atom is -0.351 e. The van der Waals surface area contributed by atoms with Gasteiger partial charge in [-0.25, -0.2) is 9.37 Å². The van der Waals surface area contributed by atoms with E-state index in [1.807, 2.05) is 0 Å². The Labute approximate surface area is 112 Å². The van der Waals surface area contributed by atoms with Crippen LogP contribution in [0.25, 0.3) is 0 Å². The van der Waals surface area contributed by atoms with Gasteiger partial charge in [0.25, 0.3) is 5.91 Å². The molecule has 2 N–H and O–H groups in total. The second kappa shape index (κ2) is 5.77. The van der Waals surface area contributed by atoms with Gasteiger partial charge >= 0.3 is 0 Å². The molecule has 6 heteroatoms. The average Bonchev–Trinajstić information content (AvgIpc) is 2.85. The first-order chi connectivity index (χ1) is 8.66. The molecule has 0 radical (unpaired) electrons. The Balaban J connectivity index is 1.93. The Morgan fingerprint density at radius 2 is 2.33 bits per heavy atom. The van der Waals surface area contributed by atoms with E-state index >= 15 is 0 Å². The summed E-state index contributed by atoms with van der Waals surface area (Å²) >= 11 is 3.20. The molecule has 0 aliphatic heterocycles. The van der Waals surface area contributed by atoms with Crippen LogP contribution in [0, 0.1) is 5.82 Å². The Morgan fingerprint density at radius 3 is 3.06 bits per heavy atom. The lowest BCUT2D eigenvalue weighted by atomic mass is 10.2. The number of halogens is 2. The van der Waals surface area contributed by atoms with Gasteiger partial charge in [-0.15, -0.1) is 0 Å². The maximum Gasteiger partial charge on any atom is 0.254 e. The Kier molecular flexibility index (Phi) is 4.09. The quantitative estimate of drug-likeness (QED) is 0.910. The number of rotatable bonds is 4. The molecule has 1 heterocycles. The van der Waals surface area contributed by atoms with E-state index in [1.54, 1.807) is 18.5 Å². The Hall–Kier alpha value is -1.69. The molecular formula is C12H11BrFN3O. The van der Waals surface area contributed by atoms with E-state index in [4.69, 9.17) is 0 Å². The summed E-state index contributed by atoms with van der Waals surface area (Å²) in [6.45, 7) is 0.401. The van der Waals surface area contributed by atoms with Gasteiger partial charge in [0.05, 0.1) is 5.56 Å². The van der Waals surface area contributed by atoms with E-state index in [9.17, 15) is 9.18 Å². The van der Waals surface area contributed by atoms with Crippen LogP contribution < -0.4 is 5.32 Å². The lowest BCUT2D eigenvalue weighted by molar-refractivity contribution is 0.0950. The molecule has 0 spiro atoms. The highest BCUT2D eigenvalue weighted by Gasteiger charge is 2.11. The van der Waals surface area contributed by atoms with Crippen molar-refractivity contribution in [2.45, 2.75) is 6.42 Å². The number of benzene rings is 1. The molecule has 0 saturated carbocycles. The topological polar surface area (TPSA) is 57.8 Å². The van der Waals surface area contributed by atoms with Crippen LogP contribution in [0.3, 0.4) is 0 Å². The Morgan fingerprint density at radius 1 is 1.50 bits per heavy atom. The van der Waals surface area contributed by atoms with Gasteiger partial charge in [0.2, 0.25) is 0 Å². The predicted molar refractivity (Wildman–Crippen MR) is 68.7 cm³/mol. The first-order valence-electron chi connectivity index (χ1n) is 5.38. The second-order valence-corrected chi connectivity index (χ2v) is 4.58. The third-order valence-corrected chi connectivity index (χ3v) is 2.87. The number of nitrogens with zero attached hydrogens (tertiary/aromatic N) is 1. The van der Waals surface area contributed by atoms with E-state index in [2.05, 4.69) is 31.2 Å². The van der Waals surface area contributed by atoms with Gasteiger partial charge in [-0.1, -0.05) is 15.9 Å². The Bertz CT molecular complexity index is 542. The van der Waals surface area contributed by atoms with Gasteiger partial charge < -0.3 is 10.3 Å². The molecule has 0 bridgehead atoms. The minimum atomic E-state index is -0.534. The monoisotopic (exact) mass is 311 g/mol. The van der Waals surface area contributed by atoms with Gasteiger partial charge in [0.15, 0.2) is 0 Å². The molecule has 0 saturated heterocycles. The maximum atomic E-state index is 13.4. The van der Waals surface area contributed by atoms with Crippen molar-refractivity contribution in [3.05, 3.63) is 52.3 Å². The van der Waals surface area contributed by atoms with Crippen molar-refractivity contribution in [2.24, 2.45) is 0 Å².